The van der Waals surface area contributed by atoms with Crippen LogP contribution in [0.1, 0.15) is 0 Å². The van der Waals surface area contributed by atoms with Gasteiger partial charge in [-0.25, -0.2) is 0 Å². The first kappa shape index (κ1) is 4.21. The third-order valence-electron chi connectivity index (χ3n) is 1.35. The zero-order valence-electron chi connectivity index (χ0n) is 4.46. The zero-order chi connectivity index (χ0) is 5.40. The van der Waals surface area contributed by atoms with Crippen LogP contribution in [-0.4, -0.2) is 25.0 Å². The summed E-state index contributed by atoms with van der Waals surface area (Å²) >= 11 is 0. The second-order valence-corrected chi connectivity index (χ2v) is 1.92. The molecule has 0 aromatic rings. The maximum absolute atomic E-state index is 5.09. The van der Waals surface area contributed by atoms with Crippen LogP contribution in [-0.2, 0) is 9.47 Å². The molecule has 0 radical (unpaired) electrons. The summed E-state index contributed by atoms with van der Waals surface area (Å²) in [6.07, 6.45) is 1.76. The van der Waals surface area contributed by atoms with Crippen molar-refractivity contribution in [1.82, 2.24) is 4.90 Å². The number of nitrogens with zero attached hydrogens (tertiary/aromatic N) is 1. The third-order valence-corrected chi connectivity index (χ3v) is 1.35. The lowest BCUT2D eigenvalue weighted by atomic mass is 10.5. The molecule has 0 saturated carbocycles. The molecule has 2 heterocycles. The van der Waals surface area contributed by atoms with E-state index >= 15 is 0 Å². The van der Waals surface area contributed by atoms with Gasteiger partial charge in [0.05, 0.1) is 12.3 Å². The van der Waals surface area contributed by atoms with Crippen molar-refractivity contribution in [3.8, 4) is 0 Å². The summed E-state index contributed by atoms with van der Waals surface area (Å²) in [7, 11) is 0. The molecule has 0 bridgehead atoms. The van der Waals surface area contributed by atoms with Crippen LogP contribution in [0.25, 0.3) is 0 Å². The number of ether oxygens (including phenoxy) is 2. The van der Waals surface area contributed by atoms with E-state index in [9.17, 15) is 0 Å². The normalized spacial score (nSPS) is 25.0. The highest BCUT2D eigenvalue weighted by Gasteiger charge is 2.21. The lowest BCUT2D eigenvalue weighted by molar-refractivity contribution is 0.0863. The Bertz CT molecular complexity index is 132. The molecular formula is C5H7NO2. The minimum atomic E-state index is 0.676. The summed E-state index contributed by atoms with van der Waals surface area (Å²) in [5.74, 6) is 0. The first-order valence-corrected chi connectivity index (χ1v) is 2.60. The molecule has 0 atom stereocenters. The Morgan fingerprint density at radius 3 is 3.38 bits per heavy atom. The molecule has 2 rings (SSSR count). The van der Waals surface area contributed by atoms with Gasteiger partial charge in [0.1, 0.15) is 13.0 Å². The van der Waals surface area contributed by atoms with Crippen LogP contribution in [0.3, 0.4) is 0 Å². The maximum atomic E-state index is 5.09. The average molecular weight is 113 g/mol. The molecule has 2 aliphatic heterocycles. The van der Waals surface area contributed by atoms with E-state index in [4.69, 9.17) is 9.47 Å². The summed E-state index contributed by atoms with van der Waals surface area (Å²) < 4.78 is 10.1. The van der Waals surface area contributed by atoms with Gasteiger partial charge in [-0.1, -0.05) is 0 Å². The van der Waals surface area contributed by atoms with Crippen LogP contribution in [0, 0.1) is 0 Å². The zero-order valence-corrected chi connectivity index (χ0v) is 4.46. The van der Waals surface area contributed by atoms with E-state index in [0.717, 1.165) is 6.61 Å². The molecule has 44 valence electrons. The molecule has 0 aromatic heterocycles. The van der Waals surface area contributed by atoms with Crippen molar-refractivity contribution in [2.75, 3.05) is 20.1 Å². The summed E-state index contributed by atoms with van der Waals surface area (Å²) in [5, 5.41) is 0. The van der Waals surface area contributed by atoms with Gasteiger partial charge in [0.2, 0.25) is 0 Å². The van der Waals surface area contributed by atoms with Crippen molar-refractivity contribution in [3.05, 3.63) is 12.0 Å². The van der Waals surface area contributed by atoms with Crippen LogP contribution in [0.4, 0.5) is 0 Å². The topological polar surface area (TPSA) is 21.7 Å². The van der Waals surface area contributed by atoms with Gasteiger partial charge in [0.15, 0.2) is 6.73 Å². The molecule has 0 amide bonds. The second kappa shape index (κ2) is 1.39. The van der Waals surface area contributed by atoms with Crippen LogP contribution in [0.2, 0.25) is 0 Å². The van der Waals surface area contributed by atoms with Gasteiger partial charge in [-0.05, 0) is 0 Å². The number of hydrogen-bond acceptors (Lipinski definition) is 3. The lowest BCUT2D eigenvalue weighted by Gasteiger charge is -2.05. The molecule has 0 unspecified atom stereocenters. The smallest absolute Gasteiger partial charge is 0.162 e. The minimum Gasteiger partial charge on any atom is -0.479 e. The number of rotatable bonds is 0. The van der Waals surface area contributed by atoms with E-state index in [1.165, 1.54) is 5.70 Å². The van der Waals surface area contributed by atoms with Crippen molar-refractivity contribution in [3.63, 3.8) is 0 Å². The number of hydrogen-bond donors (Lipinski definition) is 0. The summed E-state index contributed by atoms with van der Waals surface area (Å²) in [6, 6.07) is 0. The fraction of sp³-hybridized carbons (Fsp3) is 0.600. The van der Waals surface area contributed by atoms with Crippen molar-refractivity contribution >= 4 is 0 Å². The van der Waals surface area contributed by atoms with E-state index < -0.39 is 0 Å². The van der Waals surface area contributed by atoms with Gasteiger partial charge < -0.3 is 14.4 Å². The molecule has 0 spiro atoms. The SMILES string of the molecule is C1=C2COCN2CO1. The largest absolute Gasteiger partial charge is 0.479 e. The van der Waals surface area contributed by atoms with E-state index in [-0.39, 0.29) is 0 Å². The van der Waals surface area contributed by atoms with Gasteiger partial charge in [-0.3, -0.25) is 0 Å². The maximum Gasteiger partial charge on any atom is 0.162 e. The summed E-state index contributed by atoms with van der Waals surface area (Å²) in [6.45, 7) is 2.10. The lowest BCUT2D eigenvalue weighted by Crippen LogP contribution is -2.14. The van der Waals surface area contributed by atoms with Gasteiger partial charge in [-0.2, -0.15) is 0 Å². The van der Waals surface area contributed by atoms with Gasteiger partial charge in [-0.15, -0.1) is 0 Å². The summed E-state index contributed by atoms with van der Waals surface area (Å²) in [4.78, 5) is 2.06. The predicted octanol–water partition coefficient (Wildman–Crippen LogP) is 0.105. The molecule has 0 aromatic carbocycles. The molecule has 2 aliphatic rings. The Labute approximate surface area is 47.5 Å². The highest BCUT2D eigenvalue weighted by molar-refractivity contribution is 5.02. The van der Waals surface area contributed by atoms with Gasteiger partial charge in [0, 0.05) is 0 Å². The quantitative estimate of drug-likeness (QED) is 0.445. The van der Waals surface area contributed by atoms with E-state index in [1.54, 1.807) is 6.26 Å². The van der Waals surface area contributed by atoms with Crippen LogP contribution < -0.4 is 0 Å². The first-order valence-electron chi connectivity index (χ1n) is 2.60. The molecule has 8 heavy (non-hydrogen) atoms. The monoisotopic (exact) mass is 113 g/mol. The minimum absolute atomic E-state index is 0.676. The Morgan fingerprint density at radius 1 is 1.50 bits per heavy atom. The molecule has 0 aliphatic carbocycles. The van der Waals surface area contributed by atoms with E-state index in [1.807, 2.05) is 0 Å². The highest BCUT2D eigenvalue weighted by Crippen LogP contribution is 2.17. The van der Waals surface area contributed by atoms with Crippen LogP contribution in [0.15, 0.2) is 12.0 Å². The van der Waals surface area contributed by atoms with Gasteiger partial charge in [0.25, 0.3) is 0 Å². The third kappa shape index (κ3) is 0.419. The molecule has 1 fully saturated rings. The fourth-order valence-electron chi connectivity index (χ4n) is 0.887. The van der Waals surface area contributed by atoms with Crippen LogP contribution >= 0.6 is 0 Å². The van der Waals surface area contributed by atoms with Crippen molar-refractivity contribution in [2.45, 2.75) is 0 Å². The van der Waals surface area contributed by atoms with Crippen molar-refractivity contribution in [1.29, 1.82) is 0 Å². The van der Waals surface area contributed by atoms with E-state index in [2.05, 4.69) is 4.90 Å². The molecule has 3 heteroatoms. The molecule has 1 saturated heterocycles. The van der Waals surface area contributed by atoms with E-state index in [0.29, 0.717) is 13.5 Å². The summed E-state index contributed by atoms with van der Waals surface area (Å²) in [5.41, 5.74) is 1.17. The second-order valence-electron chi connectivity index (χ2n) is 1.92. The Morgan fingerprint density at radius 2 is 2.50 bits per heavy atom. The Balaban J connectivity index is 2.20. The van der Waals surface area contributed by atoms with Crippen LogP contribution in [0.5, 0.6) is 0 Å². The molecular weight excluding hydrogens is 106 g/mol. The fourth-order valence-corrected chi connectivity index (χ4v) is 0.887. The predicted molar refractivity (Wildman–Crippen MR) is 26.7 cm³/mol. The van der Waals surface area contributed by atoms with Crippen molar-refractivity contribution < 1.29 is 9.47 Å². The number of fused-ring (bicyclic) bond motifs is 1. The van der Waals surface area contributed by atoms with Gasteiger partial charge >= 0.3 is 0 Å². The average Bonchev–Trinajstić information content (AvgIpc) is 2.15. The Hall–Kier alpha value is -0.700. The standard InChI is InChI=1S/C5H7NO2/c1-5-2-8-4-6(5)3-7-1/h1H,2-4H2. The highest BCUT2D eigenvalue weighted by atomic mass is 16.5. The Kier molecular flexibility index (Phi) is 0.729. The van der Waals surface area contributed by atoms with Crippen molar-refractivity contribution in [2.24, 2.45) is 0 Å². The first-order chi connectivity index (χ1) is 3.97. The molecule has 3 nitrogen and oxygen atoms in total. The molecule has 0 N–H and O–H groups in total.